The summed E-state index contributed by atoms with van der Waals surface area (Å²) in [7, 11) is 3.68. The van der Waals surface area contributed by atoms with Crippen LogP contribution in [0.4, 0.5) is 0 Å². The Balaban J connectivity index is 1.54. The van der Waals surface area contributed by atoms with Crippen LogP contribution in [0, 0.1) is 0 Å². The molecule has 0 bridgehead atoms. The molecule has 0 N–H and O–H groups in total. The van der Waals surface area contributed by atoms with Crippen LogP contribution in [0.2, 0.25) is 0 Å². The number of halogens is 1. The minimum atomic E-state index is 0.428. The Kier molecular flexibility index (Phi) is 17.3. The van der Waals surface area contributed by atoms with E-state index in [2.05, 4.69) is 259 Å². The van der Waals surface area contributed by atoms with Crippen molar-refractivity contribution in [2.24, 2.45) is 0 Å². The molecule has 0 radical (unpaired) electrons. The highest BCUT2D eigenvalue weighted by Crippen LogP contribution is 2.49. The van der Waals surface area contributed by atoms with Gasteiger partial charge in [-0.1, -0.05) is 202 Å². The fourth-order valence-corrected chi connectivity index (χ4v) is 12.3. The van der Waals surface area contributed by atoms with Crippen LogP contribution in [0.3, 0.4) is 0 Å². The monoisotopic (exact) mass is 1060 g/mol. The van der Waals surface area contributed by atoms with Gasteiger partial charge in [0.25, 0.3) is 0 Å². The predicted octanol–water partition coefficient (Wildman–Crippen LogP) is 22.8. The lowest BCUT2D eigenvalue weighted by Gasteiger charge is -2.20. The Hall–Kier alpha value is -4.03. The molecule has 0 saturated heterocycles. The quantitative estimate of drug-likeness (QED) is 0.0699. The summed E-state index contributed by atoms with van der Waals surface area (Å²) in [4.78, 5) is 1.29. The van der Waals surface area contributed by atoms with E-state index in [1.54, 1.807) is 7.97 Å². The lowest BCUT2D eigenvalue weighted by molar-refractivity contribution is 0.834. The second-order valence-electron chi connectivity index (χ2n) is 22.2. The van der Waals surface area contributed by atoms with Crippen molar-refractivity contribution in [2.45, 2.75) is 163 Å². The molecule has 0 nitrogen and oxygen atoms in total. The third-order valence-electron chi connectivity index (χ3n) is 14.2. The molecule has 0 atom stereocenters. The second kappa shape index (κ2) is 22.6. The van der Waals surface area contributed by atoms with Gasteiger partial charge in [-0.25, -0.2) is 0 Å². The minimum absolute atomic E-state index is 0.428. The van der Waals surface area contributed by atoms with Crippen LogP contribution in [0.25, 0.3) is 66.8 Å². The molecule has 0 aliphatic rings. The zero-order chi connectivity index (χ0) is 50.0. The first-order valence-corrected chi connectivity index (χ1v) is 30.4. The third-order valence-corrected chi connectivity index (χ3v) is 17.2. The van der Waals surface area contributed by atoms with E-state index >= 15 is 0 Å². The Morgan fingerprint density at radius 1 is 0.261 bits per heavy atom. The second-order valence-corrected chi connectivity index (χ2v) is 27.0. The maximum absolute atomic E-state index is 2.48. The van der Waals surface area contributed by atoms with E-state index in [0.717, 1.165) is 0 Å². The zero-order valence-electron chi connectivity index (χ0n) is 44.4. The first kappa shape index (κ1) is 52.8. The van der Waals surface area contributed by atoms with E-state index < -0.39 is 0 Å². The summed E-state index contributed by atoms with van der Waals surface area (Å²) in [5, 5.41) is 0. The zero-order valence-corrected chi connectivity index (χ0v) is 48.2. The summed E-state index contributed by atoms with van der Waals surface area (Å²) in [5.41, 5.74) is 26.3. The van der Waals surface area contributed by atoms with Gasteiger partial charge in [-0.2, -0.15) is 0 Å². The van der Waals surface area contributed by atoms with Gasteiger partial charge in [-0.15, -0.1) is 0 Å². The maximum Gasteiger partial charge on any atom is 0.0347 e. The number of benzene rings is 7. The van der Waals surface area contributed by atoms with Gasteiger partial charge < -0.3 is 0 Å². The number of hydrogen-bond acceptors (Lipinski definition) is 2. The van der Waals surface area contributed by atoms with Gasteiger partial charge >= 0.3 is 0 Å². The standard InChI is InChI=1S/C66H77IS2/c1-38(2)46-20-47(39(3)4)25-54(24-46)58-32-59(55-26-48(40(5)6)21-49(27-55)41(7)8)35-62(34-58)64-18-17-19-65(66(64)68-69-67)63-36-60(56-28-50(42(9)10)22-51(29-56)43(11)12)33-61(37-63)57-30-52(44(13)14)23-53(31-57)45(15)16/h17-45H,1-16H3. The molecule has 0 amide bonds. The Morgan fingerprint density at radius 2 is 0.449 bits per heavy atom. The summed E-state index contributed by atoms with van der Waals surface area (Å²) in [6, 6.07) is 51.1. The van der Waals surface area contributed by atoms with Crippen LogP contribution in [0.15, 0.2) is 132 Å². The lowest BCUT2D eigenvalue weighted by Crippen LogP contribution is -1.98. The van der Waals surface area contributed by atoms with E-state index in [1.165, 1.54) is 116 Å². The van der Waals surface area contributed by atoms with Crippen molar-refractivity contribution >= 4 is 40.0 Å². The van der Waals surface area contributed by atoms with E-state index in [4.69, 9.17) is 0 Å². The molecule has 7 rings (SSSR count). The SMILES string of the molecule is CC(C)c1cc(-c2cc(-c3cc(C(C)C)cc(C(C)C)c3)cc(-c3cccc(-c4cc(-c5cc(C(C)C)cc(C(C)C)c5)cc(-c5cc(C(C)C)cc(C(C)C)c5)c4)c3SSI)c2)cc(C(C)C)c1. The van der Waals surface area contributed by atoms with Crippen molar-refractivity contribution in [3.63, 3.8) is 0 Å². The Labute approximate surface area is 438 Å². The smallest absolute Gasteiger partial charge is 0.0347 e. The molecule has 7 aromatic rings. The van der Waals surface area contributed by atoms with Crippen LogP contribution >= 0.6 is 40.0 Å². The molecule has 3 heteroatoms. The molecule has 0 aromatic heterocycles. The van der Waals surface area contributed by atoms with Crippen molar-refractivity contribution in [1.29, 1.82) is 0 Å². The molecule has 0 aliphatic heterocycles. The van der Waals surface area contributed by atoms with E-state index in [1.807, 2.05) is 10.8 Å². The summed E-state index contributed by atoms with van der Waals surface area (Å²) >= 11 is 2.48. The van der Waals surface area contributed by atoms with E-state index in [-0.39, 0.29) is 0 Å². The van der Waals surface area contributed by atoms with Gasteiger partial charge in [-0.3, -0.25) is 0 Å². The van der Waals surface area contributed by atoms with Gasteiger partial charge in [-0.05, 0) is 214 Å². The predicted molar refractivity (Wildman–Crippen MR) is 319 cm³/mol. The summed E-state index contributed by atoms with van der Waals surface area (Å²) in [6.45, 7) is 37.1. The van der Waals surface area contributed by atoms with Gasteiger partial charge in [0.15, 0.2) is 0 Å². The highest BCUT2D eigenvalue weighted by molar-refractivity contribution is 14.2. The number of rotatable bonds is 16. The average Bonchev–Trinajstić information content (AvgIpc) is 3.33. The third kappa shape index (κ3) is 12.4. The van der Waals surface area contributed by atoms with Gasteiger partial charge in [0.2, 0.25) is 0 Å². The fraction of sp³-hybridized carbons (Fsp3) is 0.364. The first-order chi connectivity index (χ1) is 32.7. The summed E-state index contributed by atoms with van der Waals surface area (Å²) in [5.74, 6) is 3.42. The van der Waals surface area contributed by atoms with Crippen LogP contribution in [-0.2, 0) is 0 Å². The lowest BCUT2D eigenvalue weighted by atomic mass is 9.86. The molecular weight excluding hydrogens is 984 g/mol. The van der Waals surface area contributed by atoms with Crippen LogP contribution in [0.1, 0.15) is 203 Å². The molecule has 69 heavy (non-hydrogen) atoms. The highest BCUT2D eigenvalue weighted by atomic mass is 127. The molecule has 360 valence electrons. The van der Waals surface area contributed by atoms with E-state index in [0.29, 0.717) is 47.3 Å². The largest absolute Gasteiger partial charge is 0.0610 e. The minimum Gasteiger partial charge on any atom is -0.0610 e. The topological polar surface area (TPSA) is 0 Å². The van der Waals surface area contributed by atoms with Crippen LogP contribution in [0.5, 0.6) is 0 Å². The van der Waals surface area contributed by atoms with Crippen molar-refractivity contribution in [3.8, 4) is 66.8 Å². The van der Waals surface area contributed by atoms with Crippen molar-refractivity contribution in [2.75, 3.05) is 0 Å². The van der Waals surface area contributed by atoms with Crippen molar-refractivity contribution in [1.82, 2.24) is 0 Å². The highest BCUT2D eigenvalue weighted by Gasteiger charge is 2.21. The molecule has 7 aromatic carbocycles. The Morgan fingerprint density at radius 3 is 0.638 bits per heavy atom. The first-order valence-electron chi connectivity index (χ1n) is 25.7. The maximum atomic E-state index is 2.48. The molecule has 0 aliphatic carbocycles. The van der Waals surface area contributed by atoms with Crippen molar-refractivity contribution in [3.05, 3.63) is 172 Å². The molecule has 0 fully saturated rings. The fourth-order valence-electron chi connectivity index (χ4n) is 9.39. The van der Waals surface area contributed by atoms with Gasteiger partial charge in [0.1, 0.15) is 0 Å². The molecule has 0 spiro atoms. The molecule has 0 heterocycles. The van der Waals surface area contributed by atoms with Gasteiger partial charge in [0, 0.05) is 26.1 Å². The molecule has 0 saturated carbocycles. The normalized spacial score (nSPS) is 12.1. The molecular formula is C66H77IS2. The summed E-state index contributed by atoms with van der Waals surface area (Å²) < 4.78 is 0. The molecule has 0 unspecified atom stereocenters. The van der Waals surface area contributed by atoms with Crippen LogP contribution in [-0.4, -0.2) is 0 Å². The van der Waals surface area contributed by atoms with Crippen molar-refractivity contribution < 1.29 is 0 Å². The van der Waals surface area contributed by atoms with Crippen LogP contribution < -0.4 is 0 Å². The summed E-state index contributed by atoms with van der Waals surface area (Å²) in [6.07, 6.45) is 0. The average molecular weight is 1060 g/mol. The van der Waals surface area contributed by atoms with Gasteiger partial charge in [0.05, 0.1) is 0 Å². The van der Waals surface area contributed by atoms with E-state index in [9.17, 15) is 0 Å². The number of hydrogen-bond donors (Lipinski definition) is 0. The Bertz CT molecular complexity index is 2460.